The maximum absolute atomic E-state index is 6.09. The lowest BCUT2D eigenvalue weighted by Gasteiger charge is -2.13. The number of hydrogen-bond acceptors (Lipinski definition) is 7. The van der Waals surface area contributed by atoms with Crippen LogP contribution < -0.4 is 20.1 Å². The Kier molecular flexibility index (Phi) is 5.61. The van der Waals surface area contributed by atoms with E-state index in [4.69, 9.17) is 21.1 Å². The van der Waals surface area contributed by atoms with Crippen molar-refractivity contribution in [3.8, 4) is 11.5 Å². The van der Waals surface area contributed by atoms with E-state index in [1.807, 2.05) is 50.2 Å². The van der Waals surface area contributed by atoms with Crippen molar-refractivity contribution < 1.29 is 9.47 Å². The Balaban J connectivity index is 1.92. The number of benzene rings is 2. The molecule has 3 aromatic rings. The van der Waals surface area contributed by atoms with Crippen molar-refractivity contribution in [2.24, 2.45) is 0 Å². The fourth-order valence-corrected chi connectivity index (χ4v) is 2.70. The van der Waals surface area contributed by atoms with Gasteiger partial charge in [0.15, 0.2) is 0 Å². The summed E-state index contributed by atoms with van der Waals surface area (Å²) in [6.45, 7) is 3.98. The third-order valence-electron chi connectivity index (χ3n) is 3.81. The predicted molar refractivity (Wildman–Crippen MR) is 107 cm³/mol. The van der Waals surface area contributed by atoms with Crippen LogP contribution >= 0.6 is 11.6 Å². The van der Waals surface area contributed by atoms with Crippen molar-refractivity contribution in [3.05, 3.63) is 52.8 Å². The van der Waals surface area contributed by atoms with Crippen LogP contribution in [0.15, 0.2) is 36.4 Å². The van der Waals surface area contributed by atoms with Gasteiger partial charge in [0, 0.05) is 0 Å². The average Bonchev–Trinajstić information content (AvgIpc) is 2.61. The Hall–Kier alpha value is -3.06. The number of aromatic nitrogens is 3. The van der Waals surface area contributed by atoms with Crippen LogP contribution in [0.1, 0.15) is 11.1 Å². The molecule has 27 heavy (non-hydrogen) atoms. The largest absolute Gasteiger partial charge is 0.495 e. The van der Waals surface area contributed by atoms with Crippen molar-refractivity contribution >= 4 is 34.9 Å². The van der Waals surface area contributed by atoms with Gasteiger partial charge in [-0.2, -0.15) is 15.0 Å². The summed E-state index contributed by atoms with van der Waals surface area (Å²) in [6.07, 6.45) is 0. The number of nitrogens with zero attached hydrogens (tertiary/aromatic N) is 3. The first-order valence-corrected chi connectivity index (χ1v) is 8.61. The first kappa shape index (κ1) is 18.7. The van der Waals surface area contributed by atoms with E-state index in [1.165, 1.54) is 0 Å². The molecule has 0 aliphatic carbocycles. The normalized spacial score (nSPS) is 10.4. The fourth-order valence-electron chi connectivity index (χ4n) is 2.54. The molecule has 2 N–H and O–H groups in total. The molecule has 0 aliphatic heterocycles. The quantitative estimate of drug-likeness (QED) is 0.639. The smallest absolute Gasteiger partial charge is 0.233 e. The highest BCUT2D eigenvalue weighted by atomic mass is 35.5. The van der Waals surface area contributed by atoms with E-state index in [-0.39, 0.29) is 5.28 Å². The molecular weight excluding hydrogens is 366 g/mol. The number of ether oxygens (including phenoxy) is 2. The van der Waals surface area contributed by atoms with Gasteiger partial charge in [-0.05, 0) is 60.8 Å². The summed E-state index contributed by atoms with van der Waals surface area (Å²) in [4.78, 5) is 12.7. The summed E-state index contributed by atoms with van der Waals surface area (Å²) in [5.74, 6) is 1.94. The van der Waals surface area contributed by atoms with E-state index < -0.39 is 0 Å². The van der Waals surface area contributed by atoms with E-state index in [1.54, 1.807) is 14.2 Å². The van der Waals surface area contributed by atoms with Gasteiger partial charge in [0.25, 0.3) is 0 Å². The molecule has 0 fully saturated rings. The maximum atomic E-state index is 6.09. The molecule has 0 aliphatic rings. The van der Waals surface area contributed by atoms with Crippen LogP contribution in [0.25, 0.3) is 0 Å². The Morgan fingerprint density at radius 1 is 0.741 bits per heavy atom. The molecular formula is C19H20ClN5O2. The van der Waals surface area contributed by atoms with Crippen LogP contribution in [0.3, 0.4) is 0 Å². The molecule has 0 saturated carbocycles. The number of methoxy groups -OCH3 is 2. The minimum Gasteiger partial charge on any atom is -0.495 e. The molecule has 7 nitrogen and oxygen atoms in total. The van der Waals surface area contributed by atoms with E-state index in [2.05, 4.69) is 25.6 Å². The predicted octanol–water partition coefficient (Wildman–Crippen LogP) is 4.65. The third-order valence-corrected chi connectivity index (χ3v) is 3.98. The zero-order valence-electron chi connectivity index (χ0n) is 15.5. The number of aryl methyl sites for hydroxylation is 2. The Bertz CT molecular complexity index is 891. The third kappa shape index (κ3) is 4.57. The SMILES string of the molecule is COc1ccc(C)cc1Nc1nc(Cl)nc(Nc2cc(C)ccc2OC)n1. The van der Waals surface area contributed by atoms with Crippen LogP contribution in [-0.4, -0.2) is 29.2 Å². The van der Waals surface area contributed by atoms with Gasteiger partial charge in [-0.1, -0.05) is 12.1 Å². The number of nitrogens with one attached hydrogen (secondary N) is 2. The molecule has 2 aromatic carbocycles. The molecule has 0 unspecified atom stereocenters. The lowest BCUT2D eigenvalue weighted by Crippen LogP contribution is -2.05. The molecule has 0 radical (unpaired) electrons. The first-order chi connectivity index (χ1) is 13.0. The standard InChI is InChI=1S/C19H20ClN5O2/c1-11-5-7-15(26-3)13(9-11)21-18-23-17(20)24-19(25-18)22-14-10-12(2)6-8-16(14)27-4/h5-10H,1-4H3,(H2,21,22,23,24,25). The van der Waals surface area contributed by atoms with Gasteiger partial charge in [0.05, 0.1) is 25.6 Å². The van der Waals surface area contributed by atoms with Crippen LogP contribution in [0.5, 0.6) is 11.5 Å². The van der Waals surface area contributed by atoms with E-state index in [0.29, 0.717) is 23.4 Å². The molecule has 0 atom stereocenters. The summed E-state index contributed by atoms with van der Waals surface area (Å²) in [5, 5.41) is 6.32. The fraction of sp³-hybridized carbons (Fsp3) is 0.211. The Morgan fingerprint density at radius 3 is 1.59 bits per heavy atom. The topological polar surface area (TPSA) is 81.2 Å². The lowest BCUT2D eigenvalue weighted by atomic mass is 10.2. The zero-order valence-corrected chi connectivity index (χ0v) is 16.3. The van der Waals surface area contributed by atoms with Gasteiger partial charge in [0.2, 0.25) is 17.2 Å². The Morgan fingerprint density at radius 2 is 1.19 bits per heavy atom. The second-order valence-electron chi connectivity index (χ2n) is 5.91. The molecule has 0 saturated heterocycles. The second kappa shape index (κ2) is 8.09. The highest BCUT2D eigenvalue weighted by molar-refractivity contribution is 6.28. The van der Waals surface area contributed by atoms with Crippen molar-refractivity contribution in [1.82, 2.24) is 15.0 Å². The van der Waals surface area contributed by atoms with Crippen molar-refractivity contribution in [3.63, 3.8) is 0 Å². The zero-order chi connectivity index (χ0) is 19.4. The summed E-state index contributed by atoms with van der Waals surface area (Å²) >= 11 is 6.09. The molecule has 8 heteroatoms. The van der Waals surface area contributed by atoms with Crippen LogP contribution in [-0.2, 0) is 0 Å². The van der Waals surface area contributed by atoms with Crippen molar-refractivity contribution in [2.45, 2.75) is 13.8 Å². The van der Waals surface area contributed by atoms with Gasteiger partial charge in [-0.3, -0.25) is 0 Å². The monoisotopic (exact) mass is 385 g/mol. The molecule has 0 spiro atoms. The molecule has 1 aromatic heterocycles. The molecule has 140 valence electrons. The van der Waals surface area contributed by atoms with E-state index in [9.17, 15) is 0 Å². The summed E-state index contributed by atoms with van der Waals surface area (Å²) in [7, 11) is 3.21. The number of anilines is 4. The number of hydrogen-bond donors (Lipinski definition) is 2. The second-order valence-corrected chi connectivity index (χ2v) is 6.25. The highest BCUT2D eigenvalue weighted by Crippen LogP contribution is 2.30. The molecule has 3 rings (SSSR count). The average molecular weight is 386 g/mol. The summed E-state index contributed by atoms with van der Waals surface area (Å²) < 4.78 is 10.7. The minimum absolute atomic E-state index is 0.0632. The summed E-state index contributed by atoms with van der Waals surface area (Å²) in [6, 6.07) is 11.5. The molecule has 1 heterocycles. The van der Waals surface area contributed by atoms with E-state index >= 15 is 0 Å². The van der Waals surface area contributed by atoms with Gasteiger partial charge in [-0.15, -0.1) is 0 Å². The number of halogens is 1. The molecule has 0 bridgehead atoms. The van der Waals surface area contributed by atoms with Crippen LogP contribution in [0.2, 0.25) is 5.28 Å². The van der Waals surface area contributed by atoms with Crippen molar-refractivity contribution in [1.29, 1.82) is 0 Å². The van der Waals surface area contributed by atoms with Gasteiger partial charge < -0.3 is 20.1 Å². The van der Waals surface area contributed by atoms with Gasteiger partial charge >= 0.3 is 0 Å². The lowest BCUT2D eigenvalue weighted by molar-refractivity contribution is 0.416. The highest BCUT2D eigenvalue weighted by Gasteiger charge is 2.11. The molecule has 0 amide bonds. The minimum atomic E-state index is 0.0632. The first-order valence-electron chi connectivity index (χ1n) is 8.23. The number of rotatable bonds is 6. The van der Waals surface area contributed by atoms with Gasteiger partial charge in [-0.25, -0.2) is 0 Å². The van der Waals surface area contributed by atoms with Crippen LogP contribution in [0, 0.1) is 13.8 Å². The summed E-state index contributed by atoms with van der Waals surface area (Å²) in [5.41, 5.74) is 3.61. The maximum Gasteiger partial charge on any atom is 0.233 e. The van der Waals surface area contributed by atoms with Gasteiger partial charge in [0.1, 0.15) is 11.5 Å². The van der Waals surface area contributed by atoms with E-state index in [0.717, 1.165) is 22.5 Å². The van der Waals surface area contributed by atoms with Crippen LogP contribution in [0.4, 0.5) is 23.3 Å². The Labute approximate surface area is 162 Å². The van der Waals surface area contributed by atoms with Crippen molar-refractivity contribution in [2.75, 3.05) is 24.9 Å².